The molecule has 1 fully saturated rings. The lowest BCUT2D eigenvalue weighted by Crippen LogP contribution is -2.39. The SMILES string of the molecule is CC(C)C[C@@H](N)C(=O)O.CC[C@@H](C)[C@@H](N)C(=O)O.CSCC[C@@H](N)C(=O)O.C[C@H](O)[C@@H](N)C(=O)O.NCCCC[C@@H](N)C(=O)O.NCCC[C@@H](N)C(=O)O.N[C@H](CO)C(=O)O.N[C@H](Cc1c[nH]c2ccccc12)C(=O)O.N[C@H](Cc1ccc(O)cc1)C(=O)O.N[C@H](Cc1ccccc1)C(=O)O.O=C(O)[C@H]1CCCN1. The summed E-state index contributed by atoms with van der Waals surface area (Å²) >= 11 is 1.60. The van der Waals surface area contributed by atoms with Gasteiger partial charge in [0.2, 0.25) is 0 Å². The van der Waals surface area contributed by atoms with Gasteiger partial charge >= 0.3 is 65.7 Å². The van der Waals surface area contributed by atoms with Crippen molar-refractivity contribution in [2.24, 2.45) is 80.6 Å². The molecule has 3 aromatic carbocycles. The number of aliphatic carboxylic acids is 11. The van der Waals surface area contributed by atoms with Gasteiger partial charge in [-0.3, -0.25) is 52.7 Å². The van der Waals surface area contributed by atoms with Gasteiger partial charge in [-0.2, -0.15) is 11.8 Å². The zero-order chi connectivity index (χ0) is 85.6. The first-order chi connectivity index (χ1) is 50.7. The predicted octanol–water partition coefficient (Wildman–Crippen LogP) is -1.19. The van der Waals surface area contributed by atoms with Gasteiger partial charge < -0.3 is 151 Å². The van der Waals surface area contributed by atoms with Crippen LogP contribution in [0.3, 0.4) is 0 Å². The number of hydrogen-bond donors (Lipinski definition) is 28. The van der Waals surface area contributed by atoms with Crippen molar-refractivity contribution in [3.63, 3.8) is 0 Å². The van der Waals surface area contributed by atoms with Crippen LogP contribution in [0.15, 0.2) is 85.1 Å². The third kappa shape index (κ3) is 63.5. The number of rotatable bonds is 33. The normalized spacial score (nSPS) is 14.7. The van der Waals surface area contributed by atoms with Crippen LogP contribution in [0.25, 0.3) is 10.9 Å². The first-order valence-corrected chi connectivity index (χ1v) is 35.4. The molecule has 0 unspecified atom stereocenters. The van der Waals surface area contributed by atoms with Crippen LogP contribution in [-0.2, 0) is 72.0 Å². The Balaban J connectivity index is -0.000000270. The number of phenols is 1. The fraction of sp³-hybridized carbons (Fsp3) is 0.551. The van der Waals surface area contributed by atoms with Gasteiger partial charge in [0.05, 0.1) is 12.7 Å². The largest absolute Gasteiger partial charge is 0.508 e. The van der Waals surface area contributed by atoms with E-state index in [1.807, 2.05) is 94.7 Å². The number of aromatic nitrogens is 1. The van der Waals surface area contributed by atoms with Gasteiger partial charge in [-0.1, -0.05) is 101 Å². The fourth-order valence-electron chi connectivity index (χ4n) is 7.30. The summed E-state index contributed by atoms with van der Waals surface area (Å²) < 4.78 is 0. The third-order valence-corrected chi connectivity index (χ3v) is 14.9. The van der Waals surface area contributed by atoms with Crippen LogP contribution in [0, 0.1) is 11.8 Å². The second kappa shape index (κ2) is 67.1. The molecule has 0 aliphatic carbocycles. The Hall–Kier alpha value is -9.08. The standard InChI is InChI=1S/C11H12N2O2.C9H11NO3.C9H11NO2.C6H14N2O2.2C6H13NO2.C5H12N2O2.C5H11NO2S.C5H9NO2.C4H9NO3.C3H7NO3/c12-9(11(14)15)5-7-6-13-10-4-2-1-3-8(7)10;10-8(9(12)13)5-6-1-3-7(11)4-2-6;10-8(9(11)12)6-7-4-2-1-3-5-7;7-4-2-1-3-5(8)6(9)10;1-4(2)3-5(7)6(8)9;1-3-4(2)5(7)6(8)9;6-3-1-2-4(7)5(8)9;1-9-3-2-4(6)5(7)8;7-5(8)4-2-1-3-6-4;1-2(6)3(5)4(7)8;4-2(1-5)3(6)7/h1-4,6,9,13H,5,12H2,(H,14,15);1-4,8,11H,5,10H2,(H,12,13);1-5,8H,6,10H2,(H,11,12);5H,1-4,7-8H2,(H,9,10);2*4-5H,3,7H2,1-2H3,(H,8,9);4H,1-3,6-7H2,(H,8,9);4H,2-3,6H2,1H3,(H,7,8);4,6H,1-3H2,(H,7,8);2-3,6H,5H2,1H3,(H,7,8);2,5H,1,4H2,(H,6,7)/t9-;2*8-;2*5-;4-,5-;3*4-;2-,3+;2-/m11111111101/s1. The summed E-state index contributed by atoms with van der Waals surface area (Å²) in [5, 5.41) is 121. The van der Waals surface area contributed by atoms with Crippen molar-refractivity contribution in [1.29, 1.82) is 0 Å². The van der Waals surface area contributed by atoms with E-state index in [4.69, 9.17) is 140 Å². The topological polar surface area (TPSA) is 811 Å². The third-order valence-electron chi connectivity index (χ3n) is 14.3. The van der Waals surface area contributed by atoms with Gasteiger partial charge in [0.25, 0.3) is 0 Å². The van der Waals surface area contributed by atoms with E-state index in [0.717, 1.165) is 72.0 Å². The minimum atomic E-state index is -1.18. The summed E-state index contributed by atoms with van der Waals surface area (Å²) in [6.07, 6.45) is 10.8. The van der Waals surface area contributed by atoms with Crippen molar-refractivity contribution in [2.45, 2.75) is 191 Å². The number of aromatic amines is 1. The smallest absolute Gasteiger partial charge is 0.323 e. The number of hydrogen-bond acceptors (Lipinski definition) is 28. The monoisotopic (exact) mass is 1580 g/mol. The second-order valence-electron chi connectivity index (χ2n) is 24.3. The summed E-state index contributed by atoms with van der Waals surface area (Å²) in [6.45, 7) is 10.4. The maximum Gasteiger partial charge on any atom is 0.323 e. The van der Waals surface area contributed by atoms with Crippen molar-refractivity contribution in [2.75, 3.05) is 38.2 Å². The van der Waals surface area contributed by atoms with E-state index in [2.05, 4.69) is 10.3 Å². The van der Waals surface area contributed by atoms with E-state index >= 15 is 0 Å². The van der Waals surface area contributed by atoms with E-state index < -0.39 is 139 Å². The lowest BCUT2D eigenvalue weighted by Gasteiger charge is -2.11. The van der Waals surface area contributed by atoms with Crippen LogP contribution < -0.4 is 74.1 Å². The van der Waals surface area contributed by atoms with Gasteiger partial charge in [-0.25, -0.2) is 0 Å². The fourth-order valence-corrected chi connectivity index (χ4v) is 7.79. The van der Waals surface area contributed by atoms with Gasteiger partial charge in [-0.05, 0) is 150 Å². The van der Waals surface area contributed by atoms with Crippen LogP contribution in [0.4, 0.5) is 0 Å². The molecule has 0 amide bonds. The maximum absolute atomic E-state index is 10.6. The highest BCUT2D eigenvalue weighted by atomic mass is 32.2. The number of phenolic OH excluding ortho intramolecular Hbond substituents is 1. The molecule has 0 radical (unpaired) electrons. The highest BCUT2D eigenvalue weighted by Gasteiger charge is 2.22. The number of thioether (sulfide) groups is 1. The van der Waals surface area contributed by atoms with Gasteiger partial charge in [0.15, 0.2) is 0 Å². The second-order valence-corrected chi connectivity index (χ2v) is 25.3. The number of carbonyl (C=O) groups is 11. The van der Waals surface area contributed by atoms with Crippen LogP contribution in [0.5, 0.6) is 5.75 Å². The number of nitrogens with one attached hydrogen (secondary N) is 2. The molecule has 5 rings (SSSR count). The lowest BCUT2D eigenvalue weighted by atomic mass is 10.0. The summed E-state index contributed by atoms with van der Waals surface area (Å²) in [5.41, 5.74) is 65.9. The Kier molecular flexibility index (Phi) is 68.2. The molecule has 13 atom stereocenters. The average molecular weight is 1580 g/mol. The van der Waals surface area contributed by atoms with Crippen LogP contribution in [0.1, 0.15) is 116 Å². The number of aliphatic hydroxyl groups is 2. The molecule has 624 valence electrons. The van der Waals surface area contributed by atoms with Crippen LogP contribution in [-0.4, -0.2) is 253 Å². The van der Waals surface area contributed by atoms with Gasteiger partial charge in [-0.15, -0.1) is 0 Å². The zero-order valence-electron chi connectivity index (χ0n) is 62.5. The molecule has 4 aromatic rings. The number of carboxylic acids is 11. The number of aromatic hydroxyl groups is 1. The number of fused-ring (bicyclic) bond motifs is 1. The zero-order valence-corrected chi connectivity index (χ0v) is 63.3. The molecule has 39 nitrogen and oxygen atoms in total. The molecule has 0 bridgehead atoms. The Morgan fingerprint density at radius 3 is 1.20 bits per heavy atom. The lowest BCUT2D eigenvalue weighted by molar-refractivity contribution is -0.141. The molecule has 0 saturated carbocycles. The van der Waals surface area contributed by atoms with E-state index in [9.17, 15) is 52.7 Å². The minimum Gasteiger partial charge on any atom is -0.508 e. The van der Waals surface area contributed by atoms with Crippen LogP contribution in [0.2, 0.25) is 0 Å². The molecule has 1 aromatic heterocycles. The molecule has 0 spiro atoms. The molecular formula is C69H122N14O25S. The predicted molar refractivity (Wildman–Crippen MR) is 411 cm³/mol. The Morgan fingerprint density at radius 2 is 0.890 bits per heavy atom. The van der Waals surface area contributed by atoms with Crippen LogP contribution >= 0.6 is 11.8 Å². The summed E-state index contributed by atoms with van der Waals surface area (Å²) in [7, 11) is 0. The van der Waals surface area contributed by atoms with Gasteiger partial charge in [0.1, 0.15) is 72.2 Å². The maximum atomic E-state index is 10.6. The number of benzene rings is 3. The minimum absolute atomic E-state index is 0.0718. The van der Waals surface area contributed by atoms with E-state index in [0.29, 0.717) is 64.0 Å². The van der Waals surface area contributed by atoms with Crippen molar-refractivity contribution in [3.8, 4) is 5.75 Å². The number of aliphatic hydroxyl groups excluding tert-OH is 2. The van der Waals surface area contributed by atoms with Gasteiger partial charge in [0, 0.05) is 23.5 Å². The van der Waals surface area contributed by atoms with Crippen molar-refractivity contribution in [3.05, 3.63) is 102 Å². The first kappa shape index (κ1) is 111. The van der Waals surface area contributed by atoms with Crippen molar-refractivity contribution >= 4 is 88.3 Å². The number of H-pyrrole nitrogens is 1. The van der Waals surface area contributed by atoms with E-state index in [1.54, 1.807) is 23.9 Å². The van der Waals surface area contributed by atoms with E-state index in [1.165, 1.54) is 19.1 Å². The molecular weight excluding hydrogens is 1460 g/mol. The number of unbranched alkanes of at least 4 members (excludes halogenated alkanes) is 1. The summed E-state index contributed by atoms with van der Waals surface area (Å²) in [4.78, 5) is 115. The quantitative estimate of drug-likeness (QED) is 0.0249. The Bertz CT molecular complexity index is 3100. The Labute approximate surface area is 637 Å². The van der Waals surface area contributed by atoms with Crippen molar-refractivity contribution < 1.29 is 124 Å². The number of carboxylic acid groups (broad SMARTS) is 11. The molecule has 1 aliphatic rings. The molecule has 2 heterocycles. The average Bonchev–Trinajstić information content (AvgIpc) is 1.69. The molecule has 1 aliphatic heterocycles. The summed E-state index contributed by atoms with van der Waals surface area (Å²) in [6, 6.07) is 14.8. The summed E-state index contributed by atoms with van der Waals surface area (Å²) in [5.74, 6) is -9.26. The highest BCUT2D eigenvalue weighted by Crippen LogP contribution is 2.19. The number of para-hydroxylation sites is 1. The van der Waals surface area contributed by atoms with E-state index in [-0.39, 0.29) is 24.1 Å². The Morgan fingerprint density at radius 1 is 0.486 bits per heavy atom. The number of nitrogens with two attached hydrogens (primary N) is 12. The molecule has 1 saturated heterocycles. The molecule has 40 N–H and O–H groups in total. The highest BCUT2D eigenvalue weighted by molar-refractivity contribution is 7.98. The molecule has 109 heavy (non-hydrogen) atoms. The van der Waals surface area contributed by atoms with Crippen molar-refractivity contribution in [1.82, 2.24) is 10.3 Å². The molecule has 40 heteroatoms. The first-order valence-electron chi connectivity index (χ1n) is 34.0.